The quantitative estimate of drug-likeness (QED) is 0.566. The number of hydrogen-bond donors (Lipinski definition) is 3. The molecule has 4 N–H and O–H groups in total. The van der Waals surface area contributed by atoms with Gasteiger partial charge in [0.2, 0.25) is 5.91 Å². The van der Waals surface area contributed by atoms with Crippen LogP contribution in [0.2, 0.25) is 5.02 Å². The fourth-order valence-electron chi connectivity index (χ4n) is 1.95. The first-order chi connectivity index (χ1) is 11.9. The highest BCUT2D eigenvalue weighted by Crippen LogP contribution is 2.20. The number of nitrogens with one attached hydrogen (secondary N) is 2. The van der Waals surface area contributed by atoms with Gasteiger partial charge in [0.15, 0.2) is 0 Å². The molecule has 0 spiro atoms. The highest BCUT2D eigenvalue weighted by Gasteiger charge is 2.11. The number of primary amides is 1. The van der Waals surface area contributed by atoms with Crippen LogP contribution in [0, 0.1) is 18.3 Å². The lowest BCUT2D eigenvalue weighted by Gasteiger charge is -2.08. The molecule has 0 aliphatic rings. The summed E-state index contributed by atoms with van der Waals surface area (Å²) in [6.07, 6.45) is 1.29. The van der Waals surface area contributed by atoms with E-state index in [0.29, 0.717) is 22.0 Å². The lowest BCUT2D eigenvalue weighted by molar-refractivity contribution is -0.112. The maximum Gasteiger partial charge on any atom is 0.267 e. The fourth-order valence-corrected chi connectivity index (χ4v) is 2.13. The van der Waals surface area contributed by atoms with Crippen molar-refractivity contribution in [2.45, 2.75) is 6.92 Å². The molecular weight excluding hydrogens is 340 g/mol. The second kappa shape index (κ2) is 7.99. The van der Waals surface area contributed by atoms with Crippen molar-refractivity contribution >= 4 is 34.8 Å². The summed E-state index contributed by atoms with van der Waals surface area (Å²) in [5.41, 5.74) is 7.38. The molecule has 0 fully saturated rings. The number of benzene rings is 2. The van der Waals surface area contributed by atoms with Crippen molar-refractivity contribution in [3.63, 3.8) is 0 Å². The minimum atomic E-state index is -0.561. The van der Waals surface area contributed by atoms with Gasteiger partial charge < -0.3 is 16.4 Å². The number of nitriles is 1. The SMILES string of the molecule is Cc1ccc(Cl)cc1NC(=O)/C(C#N)=C\Nc1ccc(C(N)=O)cc1. The Kier molecular flexibility index (Phi) is 5.77. The summed E-state index contributed by atoms with van der Waals surface area (Å²) in [6.45, 7) is 1.82. The van der Waals surface area contributed by atoms with Crippen LogP contribution in [-0.4, -0.2) is 11.8 Å². The van der Waals surface area contributed by atoms with Gasteiger partial charge in [-0.05, 0) is 48.9 Å². The van der Waals surface area contributed by atoms with Crippen LogP contribution >= 0.6 is 11.6 Å². The van der Waals surface area contributed by atoms with Crippen LogP contribution < -0.4 is 16.4 Å². The summed E-state index contributed by atoms with van der Waals surface area (Å²) in [7, 11) is 0. The van der Waals surface area contributed by atoms with E-state index in [1.165, 1.54) is 6.20 Å². The van der Waals surface area contributed by atoms with Crippen LogP contribution in [0.4, 0.5) is 11.4 Å². The smallest absolute Gasteiger partial charge is 0.267 e. The third-order valence-corrected chi connectivity index (χ3v) is 3.60. The first kappa shape index (κ1) is 18.0. The summed E-state index contributed by atoms with van der Waals surface area (Å²) in [5.74, 6) is -1.09. The molecule has 0 unspecified atom stereocenters. The lowest BCUT2D eigenvalue weighted by atomic mass is 10.2. The predicted molar refractivity (Wildman–Crippen MR) is 97.1 cm³/mol. The van der Waals surface area contributed by atoms with E-state index in [1.54, 1.807) is 42.5 Å². The normalized spacial score (nSPS) is 10.7. The molecule has 0 saturated heterocycles. The Morgan fingerprint density at radius 2 is 1.88 bits per heavy atom. The van der Waals surface area contributed by atoms with Crippen molar-refractivity contribution < 1.29 is 9.59 Å². The zero-order valence-electron chi connectivity index (χ0n) is 13.3. The molecule has 0 radical (unpaired) electrons. The lowest BCUT2D eigenvalue weighted by Crippen LogP contribution is -2.15. The van der Waals surface area contributed by atoms with Gasteiger partial charge in [0.25, 0.3) is 5.91 Å². The Morgan fingerprint density at radius 3 is 2.48 bits per heavy atom. The van der Waals surface area contributed by atoms with Gasteiger partial charge in [-0.25, -0.2) is 0 Å². The van der Waals surface area contributed by atoms with E-state index in [4.69, 9.17) is 17.3 Å². The van der Waals surface area contributed by atoms with Crippen LogP contribution in [0.1, 0.15) is 15.9 Å². The molecule has 25 heavy (non-hydrogen) atoms. The topological polar surface area (TPSA) is 108 Å². The zero-order chi connectivity index (χ0) is 18.4. The van der Waals surface area contributed by atoms with E-state index in [-0.39, 0.29) is 5.57 Å². The Labute approximate surface area is 149 Å². The third kappa shape index (κ3) is 4.83. The van der Waals surface area contributed by atoms with Crippen molar-refractivity contribution in [2.24, 2.45) is 5.73 Å². The zero-order valence-corrected chi connectivity index (χ0v) is 14.1. The average Bonchev–Trinajstić information content (AvgIpc) is 2.59. The van der Waals surface area contributed by atoms with Crippen LogP contribution in [0.3, 0.4) is 0 Å². The van der Waals surface area contributed by atoms with Gasteiger partial charge in [-0.3, -0.25) is 9.59 Å². The minimum Gasteiger partial charge on any atom is -0.366 e. The molecule has 0 atom stereocenters. The number of rotatable bonds is 5. The first-order valence-electron chi connectivity index (χ1n) is 7.25. The Morgan fingerprint density at radius 1 is 1.20 bits per heavy atom. The Bertz CT molecular complexity index is 883. The molecule has 0 aromatic heterocycles. The van der Waals surface area contributed by atoms with E-state index >= 15 is 0 Å². The average molecular weight is 355 g/mol. The molecule has 0 heterocycles. The van der Waals surface area contributed by atoms with Crippen molar-refractivity contribution in [2.75, 3.05) is 10.6 Å². The highest BCUT2D eigenvalue weighted by molar-refractivity contribution is 6.31. The number of anilines is 2. The molecule has 0 aliphatic heterocycles. The number of nitrogens with zero attached hydrogens (tertiary/aromatic N) is 1. The number of amides is 2. The van der Waals surface area contributed by atoms with Crippen molar-refractivity contribution in [3.8, 4) is 6.07 Å². The monoisotopic (exact) mass is 354 g/mol. The predicted octanol–water partition coefficient (Wildman–Crippen LogP) is 3.21. The van der Waals surface area contributed by atoms with Crippen molar-refractivity contribution in [1.82, 2.24) is 0 Å². The molecule has 2 amide bonds. The Balaban J connectivity index is 2.11. The van der Waals surface area contributed by atoms with E-state index < -0.39 is 11.8 Å². The van der Waals surface area contributed by atoms with E-state index in [9.17, 15) is 14.9 Å². The van der Waals surface area contributed by atoms with Crippen molar-refractivity contribution in [1.29, 1.82) is 5.26 Å². The summed E-state index contributed by atoms with van der Waals surface area (Å²) in [6, 6.07) is 13.2. The van der Waals surface area contributed by atoms with Gasteiger partial charge in [0.1, 0.15) is 11.6 Å². The van der Waals surface area contributed by atoms with Gasteiger partial charge in [0.05, 0.1) is 0 Å². The number of halogens is 1. The molecule has 126 valence electrons. The van der Waals surface area contributed by atoms with E-state index in [0.717, 1.165) is 5.56 Å². The molecule has 0 bridgehead atoms. The van der Waals surface area contributed by atoms with Crippen LogP contribution in [0.25, 0.3) is 0 Å². The molecule has 2 aromatic carbocycles. The second-order valence-electron chi connectivity index (χ2n) is 5.17. The van der Waals surface area contributed by atoms with Crippen LogP contribution in [0.15, 0.2) is 54.2 Å². The fraction of sp³-hybridized carbons (Fsp3) is 0.0556. The summed E-state index contributed by atoms with van der Waals surface area (Å²) < 4.78 is 0. The maximum atomic E-state index is 12.2. The largest absolute Gasteiger partial charge is 0.366 e. The molecule has 0 saturated carbocycles. The van der Waals surface area contributed by atoms with Gasteiger partial charge >= 0.3 is 0 Å². The molecule has 2 rings (SSSR count). The number of nitrogens with two attached hydrogens (primary N) is 1. The highest BCUT2D eigenvalue weighted by atomic mass is 35.5. The van der Waals surface area contributed by atoms with Gasteiger partial charge in [0, 0.05) is 28.2 Å². The number of aryl methyl sites for hydroxylation is 1. The number of carbonyl (C=O) groups is 2. The van der Waals surface area contributed by atoms with E-state index in [2.05, 4.69) is 10.6 Å². The second-order valence-corrected chi connectivity index (χ2v) is 5.61. The minimum absolute atomic E-state index is 0.113. The number of carbonyl (C=O) groups excluding carboxylic acids is 2. The maximum absolute atomic E-state index is 12.2. The van der Waals surface area contributed by atoms with Crippen LogP contribution in [0.5, 0.6) is 0 Å². The summed E-state index contributed by atoms with van der Waals surface area (Å²) >= 11 is 5.91. The molecule has 2 aromatic rings. The molecule has 7 heteroatoms. The third-order valence-electron chi connectivity index (χ3n) is 3.37. The number of hydrogen-bond acceptors (Lipinski definition) is 4. The molecule has 0 aliphatic carbocycles. The Hall–Kier alpha value is -3.30. The molecular formula is C18H15ClN4O2. The van der Waals surface area contributed by atoms with Gasteiger partial charge in [-0.1, -0.05) is 17.7 Å². The van der Waals surface area contributed by atoms with E-state index in [1.807, 2.05) is 13.0 Å². The summed E-state index contributed by atoms with van der Waals surface area (Å²) in [5, 5.41) is 15.1. The van der Waals surface area contributed by atoms with Crippen molar-refractivity contribution in [3.05, 3.63) is 70.4 Å². The molecule has 6 nitrogen and oxygen atoms in total. The standard InChI is InChI=1S/C18H15ClN4O2/c1-11-2-5-14(19)8-16(11)23-18(25)13(9-20)10-22-15-6-3-12(4-7-15)17(21)24/h2-8,10,22H,1H3,(H2,21,24)(H,23,25)/b13-10-. The summed E-state index contributed by atoms with van der Waals surface area (Å²) in [4.78, 5) is 23.2. The van der Waals surface area contributed by atoms with Gasteiger partial charge in [-0.2, -0.15) is 5.26 Å². The van der Waals surface area contributed by atoms with Gasteiger partial charge in [-0.15, -0.1) is 0 Å². The first-order valence-corrected chi connectivity index (χ1v) is 7.62. The van der Waals surface area contributed by atoms with Crippen LogP contribution in [-0.2, 0) is 4.79 Å².